The largest absolute Gasteiger partial charge is 0.301 e. The number of nitrogens with zero attached hydrogens (tertiary/aromatic N) is 1. The molecule has 1 atom stereocenters. The van der Waals surface area contributed by atoms with Gasteiger partial charge in [0, 0.05) is 12.3 Å². The minimum atomic E-state index is 0.424. The fourth-order valence-corrected chi connectivity index (χ4v) is 2.43. The van der Waals surface area contributed by atoms with Crippen molar-refractivity contribution in [1.29, 1.82) is 5.26 Å². The zero-order chi connectivity index (χ0) is 9.10. The Morgan fingerprint density at radius 1 is 1.38 bits per heavy atom. The van der Waals surface area contributed by atoms with Gasteiger partial charge in [0.05, 0.1) is 17.0 Å². The van der Waals surface area contributed by atoms with Crippen molar-refractivity contribution >= 4 is 11.8 Å². The van der Waals surface area contributed by atoms with Crippen molar-refractivity contribution in [2.24, 2.45) is 0 Å². The van der Waals surface area contributed by atoms with Crippen LogP contribution in [0.3, 0.4) is 0 Å². The van der Waals surface area contributed by atoms with Crippen molar-refractivity contribution in [2.75, 3.05) is 12.3 Å². The highest BCUT2D eigenvalue weighted by Gasteiger charge is 2.15. The summed E-state index contributed by atoms with van der Waals surface area (Å²) in [4.78, 5) is 0. The van der Waals surface area contributed by atoms with E-state index in [-0.39, 0.29) is 0 Å². The maximum Gasteiger partial charge on any atom is 0.0991 e. The highest BCUT2D eigenvalue weighted by Crippen LogP contribution is 2.29. The molecule has 1 fully saturated rings. The molecule has 2 rings (SSSR count). The molecule has 0 unspecified atom stereocenters. The van der Waals surface area contributed by atoms with E-state index >= 15 is 0 Å². The van der Waals surface area contributed by atoms with Crippen LogP contribution in [0.4, 0.5) is 0 Å². The molecule has 1 saturated heterocycles. The number of benzene rings is 1. The summed E-state index contributed by atoms with van der Waals surface area (Å²) < 4.78 is 0. The van der Waals surface area contributed by atoms with E-state index in [0.717, 1.165) is 12.1 Å². The van der Waals surface area contributed by atoms with Gasteiger partial charge in [-0.3, -0.25) is 0 Å². The van der Waals surface area contributed by atoms with Crippen molar-refractivity contribution in [3.8, 4) is 6.07 Å². The first kappa shape index (κ1) is 8.61. The average molecular weight is 190 g/mol. The second-order valence-corrected chi connectivity index (χ2v) is 4.15. The molecule has 0 aromatic heterocycles. The molecule has 1 aliphatic rings. The fraction of sp³-hybridized carbons (Fsp3) is 0.300. The second-order valence-electron chi connectivity index (χ2n) is 2.94. The van der Waals surface area contributed by atoms with Gasteiger partial charge in [-0.15, -0.1) is 11.8 Å². The lowest BCUT2D eigenvalue weighted by molar-refractivity contribution is 0.751. The summed E-state index contributed by atoms with van der Waals surface area (Å²) >= 11 is 1.91. The molecule has 13 heavy (non-hydrogen) atoms. The minimum absolute atomic E-state index is 0.424. The maximum absolute atomic E-state index is 8.62. The monoisotopic (exact) mass is 190 g/mol. The van der Waals surface area contributed by atoms with E-state index in [1.165, 1.54) is 11.3 Å². The third kappa shape index (κ3) is 1.85. The Balaban J connectivity index is 2.18. The van der Waals surface area contributed by atoms with Crippen LogP contribution in [0, 0.1) is 11.3 Å². The Bertz CT molecular complexity index is 320. The van der Waals surface area contributed by atoms with E-state index in [9.17, 15) is 0 Å². The molecule has 0 amide bonds. The van der Waals surface area contributed by atoms with Crippen LogP contribution in [0.5, 0.6) is 0 Å². The van der Waals surface area contributed by atoms with Crippen LogP contribution in [-0.4, -0.2) is 12.3 Å². The first-order chi connectivity index (χ1) is 6.40. The number of hydrogen-bond acceptors (Lipinski definition) is 3. The molecule has 1 aliphatic heterocycles. The van der Waals surface area contributed by atoms with Gasteiger partial charge < -0.3 is 5.32 Å². The molecule has 1 heterocycles. The highest BCUT2D eigenvalue weighted by atomic mass is 32.2. The third-order valence-corrected chi connectivity index (χ3v) is 3.27. The van der Waals surface area contributed by atoms with E-state index in [0.29, 0.717) is 5.37 Å². The van der Waals surface area contributed by atoms with Crippen LogP contribution in [-0.2, 0) is 0 Å². The fourth-order valence-electron chi connectivity index (χ4n) is 1.37. The van der Waals surface area contributed by atoms with Gasteiger partial charge in [0.1, 0.15) is 0 Å². The average Bonchev–Trinajstić information content (AvgIpc) is 2.71. The Kier molecular flexibility index (Phi) is 2.53. The Morgan fingerprint density at radius 3 is 2.69 bits per heavy atom. The summed E-state index contributed by atoms with van der Waals surface area (Å²) in [6.07, 6.45) is 0. The zero-order valence-electron chi connectivity index (χ0n) is 7.16. The van der Waals surface area contributed by atoms with Crippen LogP contribution in [0.25, 0.3) is 0 Å². The topological polar surface area (TPSA) is 35.8 Å². The van der Waals surface area contributed by atoms with Gasteiger partial charge in [0.2, 0.25) is 0 Å². The number of thioether (sulfide) groups is 1. The molecule has 1 aromatic rings. The summed E-state index contributed by atoms with van der Waals surface area (Å²) in [6, 6.07) is 9.90. The van der Waals surface area contributed by atoms with E-state index in [1.807, 2.05) is 36.0 Å². The first-order valence-electron chi connectivity index (χ1n) is 4.25. The molecule has 1 aromatic carbocycles. The van der Waals surface area contributed by atoms with Gasteiger partial charge >= 0.3 is 0 Å². The predicted molar refractivity (Wildman–Crippen MR) is 54.4 cm³/mol. The van der Waals surface area contributed by atoms with Crippen LogP contribution < -0.4 is 5.32 Å². The number of hydrogen-bond donors (Lipinski definition) is 1. The lowest BCUT2D eigenvalue weighted by atomic mass is 10.1. The zero-order valence-corrected chi connectivity index (χ0v) is 7.97. The summed E-state index contributed by atoms with van der Waals surface area (Å²) in [6.45, 7) is 1.08. The molecule has 0 radical (unpaired) electrons. The van der Waals surface area contributed by atoms with E-state index in [4.69, 9.17) is 5.26 Å². The van der Waals surface area contributed by atoms with Gasteiger partial charge in [-0.25, -0.2) is 0 Å². The van der Waals surface area contributed by atoms with Gasteiger partial charge in [0.25, 0.3) is 0 Å². The molecule has 2 nitrogen and oxygen atoms in total. The van der Waals surface area contributed by atoms with E-state index in [1.54, 1.807) is 0 Å². The van der Waals surface area contributed by atoms with Crippen molar-refractivity contribution in [3.05, 3.63) is 35.4 Å². The Morgan fingerprint density at radius 2 is 2.15 bits per heavy atom. The first-order valence-corrected chi connectivity index (χ1v) is 5.30. The lowest BCUT2D eigenvalue weighted by Gasteiger charge is -2.08. The second kappa shape index (κ2) is 3.82. The highest BCUT2D eigenvalue weighted by molar-refractivity contribution is 7.99. The summed E-state index contributed by atoms with van der Waals surface area (Å²) in [5.74, 6) is 1.17. The predicted octanol–water partition coefficient (Wildman–Crippen LogP) is 1.89. The molecular formula is C10H10N2S. The molecule has 3 heteroatoms. The number of rotatable bonds is 1. The summed E-state index contributed by atoms with van der Waals surface area (Å²) in [5.41, 5.74) is 1.99. The lowest BCUT2D eigenvalue weighted by Crippen LogP contribution is -2.11. The normalized spacial score (nSPS) is 21.3. The molecule has 1 N–H and O–H groups in total. The van der Waals surface area contributed by atoms with Gasteiger partial charge in [0.15, 0.2) is 0 Å². The quantitative estimate of drug-likeness (QED) is 0.734. The van der Waals surface area contributed by atoms with Crippen molar-refractivity contribution in [3.63, 3.8) is 0 Å². The Labute approximate surface area is 82.0 Å². The molecule has 0 bridgehead atoms. The Hall–Kier alpha value is -0.980. The molecule has 66 valence electrons. The van der Waals surface area contributed by atoms with Crippen molar-refractivity contribution < 1.29 is 0 Å². The maximum atomic E-state index is 8.62. The van der Waals surface area contributed by atoms with Crippen molar-refractivity contribution in [2.45, 2.75) is 5.37 Å². The van der Waals surface area contributed by atoms with Crippen LogP contribution in [0.2, 0.25) is 0 Å². The van der Waals surface area contributed by atoms with E-state index in [2.05, 4.69) is 11.4 Å². The molecule has 0 aliphatic carbocycles. The SMILES string of the molecule is N#Cc1ccc([C@H]2NCCS2)cc1. The summed E-state index contributed by atoms with van der Waals surface area (Å²) in [5, 5.41) is 12.4. The smallest absolute Gasteiger partial charge is 0.0991 e. The van der Waals surface area contributed by atoms with Crippen LogP contribution in [0.1, 0.15) is 16.5 Å². The minimum Gasteiger partial charge on any atom is -0.301 e. The molecular weight excluding hydrogens is 180 g/mol. The van der Waals surface area contributed by atoms with Gasteiger partial charge in [-0.2, -0.15) is 5.26 Å². The molecule has 0 saturated carbocycles. The molecule has 0 spiro atoms. The standard InChI is InChI=1S/C10H10N2S/c11-7-8-1-3-9(4-2-8)10-12-5-6-13-10/h1-4,10,12H,5-6H2/t10-/m0/s1. The van der Waals surface area contributed by atoms with Crippen LogP contribution in [0.15, 0.2) is 24.3 Å². The number of nitrogens with one attached hydrogen (secondary N) is 1. The third-order valence-electron chi connectivity index (χ3n) is 2.06. The van der Waals surface area contributed by atoms with Crippen molar-refractivity contribution in [1.82, 2.24) is 5.32 Å². The van der Waals surface area contributed by atoms with E-state index < -0.39 is 0 Å². The van der Waals surface area contributed by atoms with Gasteiger partial charge in [-0.1, -0.05) is 12.1 Å². The van der Waals surface area contributed by atoms with Crippen LogP contribution >= 0.6 is 11.8 Å². The summed E-state index contributed by atoms with van der Waals surface area (Å²) in [7, 11) is 0. The van der Waals surface area contributed by atoms with Gasteiger partial charge in [-0.05, 0) is 17.7 Å². The number of nitriles is 1.